The summed E-state index contributed by atoms with van der Waals surface area (Å²) in [6, 6.07) is 9.95. The van der Waals surface area contributed by atoms with Gasteiger partial charge < -0.3 is 9.84 Å². The van der Waals surface area contributed by atoms with Crippen LogP contribution in [0.1, 0.15) is 37.8 Å². The third-order valence-corrected chi connectivity index (χ3v) is 5.34. The van der Waals surface area contributed by atoms with Gasteiger partial charge in [0, 0.05) is 41.9 Å². The van der Waals surface area contributed by atoms with Gasteiger partial charge in [-0.2, -0.15) is 18.3 Å². The number of halogens is 3. The average Bonchev–Trinajstić information content (AvgIpc) is 3.19. The van der Waals surface area contributed by atoms with Crippen molar-refractivity contribution in [3.63, 3.8) is 0 Å². The zero-order valence-corrected chi connectivity index (χ0v) is 18.5. The molecule has 2 aromatic carbocycles. The van der Waals surface area contributed by atoms with Gasteiger partial charge in [-0.1, -0.05) is 32.9 Å². The molecule has 0 bridgehead atoms. The second-order valence-electron chi connectivity index (χ2n) is 8.76. The summed E-state index contributed by atoms with van der Waals surface area (Å²) in [7, 11) is 0. The molecule has 1 atom stereocenters. The first-order chi connectivity index (χ1) is 15.8. The van der Waals surface area contributed by atoms with Crippen molar-refractivity contribution in [3.8, 4) is 17.0 Å². The fourth-order valence-corrected chi connectivity index (χ4v) is 3.58. The Morgan fingerprint density at radius 2 is 1.79 bits per heavy atom. The highest BCUT2D eigenvalue weighted by Crippen LogP contribution is 2.42. The molecule has 3 aromatic rings. The molecule has 0 fully saturated rings. The van der Waals surface area contributed by atoms with E-state index < -0.39 is 34.2 Å². The van der Waals surface area contributed by atoms with Crippen molar-refractivity contribution in [1.29, 1.82) is 0 Å². The van der Waals surface area contributed by atoms with Crippen molar-refractivity contribution in [2.45, 2.75) is 39.4 Å². The molecule has 1 N–H and O–H groups in total. The molecule has 8 nitrogen and oxygen atoms in total. The van der Waals surface area contributed by atoms with Crippen molar-refractivity contribution in [2.75, 3.05) is 0 Å². The molecule has 0 radical (unpaired) electrons. The van der Waals surface area contributed by atoms with Crippen LogP contribution in [-0.4, -0.2) is 26.0 Å². The fraction of sp³-hybridized carbons (Fsp3) is 0.304. The lowest BCUT2D eigenvalue weighted by Gasteiger charge is -2.32. The third-order valence-electron chi connectivity index (χ3n) is 5.34. The van der Waals surface area contributed by atoms with Crippen LogP contribution in [0.25, 0.3) is 11.3 Å². The Morgan fingerprint density at radius 3 is 2.32 bits per heavy atom. The van der Waals surface area contributed by atoms with E-state index in [0.717, 1.165) is 18.2 Å². The van der Waals surface area contributed by atoms with Crippen LogP contribution in [-0.2, 0) is 12.7 Å². The Morgan fingerprint density at radius 1 is 1.15 bits per heavy atom. The summed E-state index contributed by atoms with van der Waals surface area (Å²) < 4.78 is 44.9. The number of nitro benzene ring substituents is 1. The van der Waals surface area contributed by atoms with Crippen LogP contribution in [0.2, 0.25) is 0 Å². The predicted molar refractivity (Wildman–Crippen MR) is 117 cm³/mol. The molecule has 0 aliphatic heterocycles. The van der Waals surface area contributed by atoms with Gasteiger partial charge in [0.05, 0.1) is 16.2 Å². The van der Waals surface area contributed by atoms with Gasteiger partial charge in [-0.15, -0.1) is 0 Å². The number of rotatable bonds is 6. The lowest BCUT2D eigenvalue weighted by Crippen LogP contribution is -2.25. The summed E-state index contributed by atoms with van der Waals surface area (Å²) in [5, 5.41) is 24.9. The molecule has 1 aromatic heterocycles. The molecular formula is C23H22F3N3O5. The van der Waals surface area contributed by atoms with Crippen molar-refractivity contribution in [3.05, 3.63) is 76.0 Å². The van der Waals surface area contributed by atoms with E-state index in [9.17, 15) is 28.1 Å². The van der Waals surface area contributed by atoms with E-state index in [1.165, 1.54) is 24.3 Å². The summed E-state index contributed by atoms with van der Waals surface area (Å²) in [5.74, 6) is -0.477. The summed E-state index contributed by atoms with van der Waals surface area (Å²) in [6.07, 6.45) is -4.35. The van der Waals surface area contributed by atoms with Gasteiger partial charge in [-0.25, -0.2) is 4.79 Å². The van der Waals surface area contributed by atoms with Crippen molar-refractivity contribution < 1.29 is 32.7 Å². The quantitative estimate of drug-likeness (QED) is 0.191. The summed E-state index contributed by atoms with van der Waals surface area (Å²) in [4.78, 5) is 21.9. The first kappa shape index (κ1) is 24.7. The maximum Gasteiger partial charge on any atom is 0.511 e. The highest BCUT2D eigenvalue weighted by molar-refractivity contribution is 5.63. The lowest BCUT2D eigenvalue weighted by molar-refractivity contribution is -0.385. The molecule has 0 amide bonds. The van der Waals surface area contributed by atoms with Gasteiger partial charge in [0.25, 0.3) is 5.69 Å². The number of ether oxygens (including phenoxy) is 1. The zero-order chi connectivity index (χ0) is 25.3. The minimum absolute atomic E-state index is 0.0202. The maximum absolute atomic E-state index is 12.8. The predicted octanol–water partition coefficient (Wildman–Crippen LogP) is 6.36. The molecule has 0 aliphatic rings. The summed E-state index contributed by atoms with van der Waals surface area (Å²) >= 11 is 0. The number of aromatic nitrogens is 2. The second-order valence-corrected chi connectivity index (χ2v) is 8.76. The van der Waals surface area contributed by atoms with Crippen LogP contribution in [0.5, 0.6) is 5.75 Å². The van der Waals surface area contributed by atoms with E-state index in [4.69, 9.17) is 9.84 Å². The Bertz CT molecular complexity index is 1200. The number of nitrogens with zero attached hydrogens (tertiary/aromatic N) is 3. The van der Waals surface area contributed by atoms with Crippen LogP contribution in [0.4, 0.5) is 23.7 Å². The highest BCUT2D eigenvalue weighted by Gasteiger charge is 2.32. The smallest absolute Gasteiger partial charge is 0.449 e. The summed E-state index contributed by atoms with van der Waals surface area (Å²) in [5.41, 5.74) is -0.206. The molecule has 0 aliphatic carbocycles. The topological polar surface area (TPSA) is 107 Å². The van der Waals surface area contributed by atoms with Gasteiger partial charge >= 0.3 is 12.3 Å². The standard InChI is InChI=1S/C23H22F3N3O5/c1-22(2,3)18(17-12-16(29(32)33)8-9-20(17)34-21(30)31)13-28-11-10-19(27-28)14-4-6-15(7-5-14)23(24,25)26/h4-12,18H,13H2,1-3H3,(H,30,31). The Labute approximate surface area is 192 Å². The minimum atomic E-state index is -4.44. The van der Waals surface area contributed by atoms with Crippen LogP contribution >= 0.6 is 0 Å². The zero-order valence-electron chi connectivity index (χ0n) is 18.5. The van der Waals surface area contributed by atoms with Gasteiger partial charge in [0.2, 0.25) is 0 Å². The Balaban J connectivity index is 1.96. The minimum Gasteiger partial charge on any atom is -0.449 e. The van der Waals surface area contributed by atoms with Gasteiger partial charge in [-0.3, -0.25) is 14.8 Å². The molecule has 0 spiro atoms. The number of non-ortho nitro benzene ring substituents is 1. The van der Waals surface area contributed by atoms with Crippen LogP contribution < -0.4 is 4.74 Å². The van der Waals surface area contributed by atoms with E-state index in [1.807, 2.05) is 20.8 Å². The molecule has 0 saturated heterocycles. The van der Waals surface area contributed by atoms with E-state index in [-0.39, 0.29) is 18.0 Å². The van der Waals surface area contributed by atoms with Crippen molar-refractivity contribution in [1.82, 2.24) is 9.78 Å². The third kappa shape index (κ3) is 5.72. The first-order valence-corrected chi connectivity index (χ1v) is 10.2. The largest absolute Gasteiger partial charge is 0.511 e. The number of carbonyl (C=O) groups is 1. The molecule has 0 saturated carbocycles. The van der Waals surface area contributed by atoms with Crippen molar-refractivity contribution in [2.24, 2.45) is 5.41 Å². The van der Waals surface area contributed by atoms with Crippen LogP contribution in [0.3, 0.4) is 0 Å². The molecule has 3 rings (SSSR count). The first-order valence-electron chi connectivity index (χ1n) is 10.2. The molecule has 34 heavy (non-hydrogen) atoms. The average molecular weight is 477 g/mol. The molecule has 1 heterocycles. The maximum atomic E-state index is 12.8. The lowest BCUT2D eigenvalue weighted by atomic mass is 9.76. The monoisotopic (exact) mass is 477 g/mol. The number of hydrogen-bond donors (Lipinski definition) is 1. The fourth-order valence-electron chi connectivity index (χ4n) is 3.58. The number of alkyl halides is 3. The molecule has 1 unspecified atom stereocenters. The normalized spacial score (nSPS) is 12.9. The van der Waals surface area contributed by atoms with Gasteiger partial charge in [0.15, 0.2) is 0 Å². The van der Waals surface area contributed by atoms with Gasteiger partial charge in [0.1, 0.15) is 5.75 Å². The van der Waals surface area contributed by atoms with E-state index in [0.29, 0.717) is 16.8 Å². The SMILES string of the molecule is CC(C)(C)C(Cn1ccc(-c2ccc(C(F)(F)F)cc2)n1)c1cc([N+](=O)[O-])ccc1OC(=O)O. The summed E-state index contributed by atoms with van der Waals surface area (Å²) in [6.45, 7) is 5.88. The Hall–Kier alpha value is -3.89. The number of carboxylic acid groups (broad SMARTS) is 1. The van der Waals surface area contributed by atoms with Crippen molar-refractivity contribution >= 4 is 11.8 Å². The molecule has 11 heteroatoms. The molecule has 180 valence electrons. The van der Waals surface area contributed by atoms with Gasteiger partial charge in [-0.05, 0) is 29.7 Å². The number of hydrogen-bond acceptors (Lipinski definition) is 5. The highest BCUT2D eigenvalue weighted by atomic mass is 19.4. The van der Waals surface area contributed by atoms with E-state index >= 15 is 0 Å². The van der Waals surface area contributed by atoms with Crippen LogP contribution in [0, 0.1) is 15.5 Å². The molecular weight excluding hydrogens is 455 g/mol. The Kier molecular flexibility index (Phi) is 6.67. The number of benzene rings is 2. The van der Waals surface area contributed by atoms with E-state index in [1.54, 1.807) is 16.9 Å². The number of nitro groups is 1. The van der Waals surface area contributed by atoms with E-state index in [2.05, 4.69) is 5.10 Å². The second kappa shape index (κ2) is 9.16. The van der Waals surface area contributed by atoms with Crippen LogP contribution in [0.15, 0.2) is 54.7 Å².